The number of benzene rings is 2. The summed E-state index contributed by atoms with van der Waals surface area (Å²) >= 11 is 7.28. The van der Waals surface area contributed by atoms with Crippen LogP contribution in [0.4, 0.5) is 5.69 Å². The highest BCUT2D eigenvalue weighted by molar-refractivity contribution is 7.99. The second-order valence-electron chi connectivity index (χ2n) is 7.86. The van der Waals surface area contributed by atoms with Crippen LogP contribution in [0.5, 0.6) is 0 Å². The van der Waals surface area contributed by atoms with Crippen molar-refractivity contribution in [3.63, 3.8) is 0 Å². The van der Waals surface area contributed by atoms with E-state index in [-0.39, 0.29) is 17.2 Å². The van der Waals surface area contributed by atoms with Gasteiger partial charge in [-0.05, 0) is 30.2 Å². The van der Waals surface area contributed by atoms with Gasteiger partial charge < -0.3 is 14.6 Å². The fourth-order valence-corrected chi connectivity index (χ4v) is 4.70. The Balaban J connectivity index is 1.69. The number of nitrogens with zero attached hydrogens (tertiary/aromatic N) is 3. The molecule has 1 amide bonds. The molecule has 0 atom stereocenters. The van der Waals surface area contributed by atoms with Crippen molar-refractivity contribution in [3.8, 4) is 11.1 Å². The Hall–Kier alpha value is -3.07. The Kier molecular flexibility index (Phi) is 7.41. The fourth-order valence-electron chi connectivity index (χ4n) is 3.71. The molecule has 0 aliphatic rings. The fraction of sp³-hybridized carbons (Fsp3) is 0.240. The Bertz CT molecular complexity index is 1400. The number of fused-ring (bicyclic) bond motifs is 1. The van der Waals surface area contributed by atoms with Crippen LogP contribution in [0.1, 0.15) is 5.56 Å². The molecule has 0 saturated carbocycles. The number of aryl methyl sites for hydroxylation is 2. The quantitative estimate of drug-likeness (QED) is 0.281. The normalized spacial score (nSPS) is 11.2. The molecule has 0 aliphatic heterocycles. The maximum atomic E-state index is 13.5. The predicted molar refractivity (Wildman–Crippen MR) is 138 cm³/mol. The summed E-state index contributed by atoms with van der Waals surface area (Å²) < 4.78 is 8.58. The van der Waals surface area contributed by atoms with Crippen molar-refractivity contribution in [1.82, 2.24) is 14.1 Å². The molecule has 0 aliphatic carbocycles. The molecule has 176 valence electrons. The second-order valence-corrected chi connectivity index (χ2v) is 9.24. The summed E-state index contributed by atoms with van der Waals surface area (Å²) in [6.45, 7) is 2.59. The number of halogens is 1. The number of hydrogen-bond donors (Lipinski definition) is 1. The van der Waals surface area contributed by atoms with E-state index in [0.717, 1.165) is 16.7 Å². The summed E-state index contributed by atoms with van der Waals surface area (Å²) in [4.78, 5) is 31.0. The van der Waals surface area contributed by atoms with Crippen molar-refractivity contribution in [2.45, 2.75) is 18.6 Å². The van der Waals surface area contributed by atoms with E-state index in [1.54, 1.807) is 28.4 Å². The SMILES string of the molecule is COCCn1c(SCC(=O)Nc2cc(Cl)ccc2C)nc2c(-c3ccccc3)cn(C)c2c1=O. The number of ether oxygens (including phenoxy) is 1. The van der Waals surface area contributed by atoms with Gasteiger partial charge in [0.05, 0.1) is 18.9 Å². The molecule has 0 fully saturated rings. The Morgan fingerprint density at radius 1 is 1.21 bits per heavy atom. The van der Waals surface area contributed by atoms with Crippen LogP contribution >= 0.6 is 23.4 Å². The summed E-state index contributed by atoms with van der Waals surface area (Å²) in [5.74, 6) is -0.121. The van der Waals surface area contributed by atoms with Crippen molar-refractivity contribution < 1.29 is 9.53 Å². The number of carbonyl (C=O) groups excluding carboxylic acids is 1. The van der Waals surface area contributed by atoms with Gasteiger partial charge in [-0.15, -0.1) is 0 Å². The molecular weight excluding hydrogens is 472 g/mol. The number of aromatic nitrogens is 3. The highest BCUT2D eigenvalue weighted by Gasteiger charge is 2.19. The molecule has 4 aromatic rings. The van der Waals surface area contributed by atoms with Gasteiger partial charge in [-0.1, -0.05) is 59.8 Å². The molecule has 2 aromatic heterocycles. The molecule has 9 heteroatoms. The molecule has 7 nitrogen and oxygen atoms in total. The molecule has 2 aromatic carbocycles. The average molecular weight is 497 g/mol. The second kappa shape index (κ2) is 10.5. The molecule has 0 spiro atoms. The molecule has 4 rings (SSSR count). The molecule has 0 radical (unpaired) electrons. The summed E-state index contributed by atoms with van der Waals surface area (Å²) in [7, 11) is 3.42. The van der Waals surface area contributed by atoms with Gasteiger partial charge in [-0.2, -0.15) is 0 Å². The third-order valence-electron chi connectivity index (χ3n) is 5.45. The number of methoxy groups -OCH3 is 1. The van der Waals surface area contributed by atoms with Crippen LogP contribution in [0.3, 0.4) is 0 Å². The van der Waals surface area contributed by atoms with Gasteiger partial charge in [0.15, 0.2) is 5.16 Å². The first-order valence-corrected chi connectivity index (χ1v) is 12.1. The van der Waals surface area contributed by atoms with Crippen LogP contribution in [0.2, 0.25) is 5.02 Å². The van der Waals surface area contributed by atoms with Gasteiger partial charge in [-0.3, -0.25) is 14.2 Å². The van der Waals surface area contributed by atoms with Crippen LogP contribution in [0.25, 0.3) is 22.2 Å². The van der Waals surface area contributed by atoms with Crippen LogP contribution in [-0.2, 0) is 23.1 Å². The Morgan fingerprint density at radius 3 is 2.71 bits per heavy atom. The number of nitrogens with one attached hydrogen (secondary N) is 1. The topological polar surface area (TPSA) is 78.2 Å². The molecular formula is C25H25ClN4O3S. The maximum absolute atomic E-state index is 13.5. The van der Waals surface area contributed by atoms with E-state index in [0.29, 0.717) is 40.1 Å². The minimum atomic E-state index is -0.209. The zero-order valence-corrected chi connectivity index (χ0v) is 20.7. The third-order valence-corrected chi connectivity index (χ3v) is 6.66. The van der Waals surface area contributed by atoms with Crippen molar-refractivity contribution in [2.75, 3.05) is 24.8 Å². The van der Waals surface area contributed by atoms with Crippen molar-refractivity contribution in [3.05, 3.63) is 75.7 Å². The number of thioether (sulfide) groups is 1. The summed E-state index contributed by atoms with van der Waals surface area (Å²) in [6, 6.07) is 15.2. The first-order valence-electron chi connectivity index (χ1n) is 10.7. The van der Waals surface area contributed by atoms with Crippen LogP contribution in [0.15, 0.2) is 64.7 Å². The lowest BCUT2D eigenvalue weighted by Gasteiger charge is -2.13. The predicted octanol–water partition coefficient (Wildman–Crippen LogP) is 4.74. The standard InChI is InChI=1S/C25H25ClN4O3S/c1-16-9-10-18(26)13-20(16)27-21(31)15-34-25-28-22-19(17-7-5-4-6-8-17)14-29(2)23(22)24(32)30(25)11-12-33-3/h4-10,13-14H,11-12,15H2,1-3H3,(H,27,31). The molecule has 0 unspecified atom stereocenters. The van der Waals surface area contributed by atoms with Gasteiger partial charge in [0, 0.05) is 36.6 Å². The van der Waals surface area contributed by atoms with E-state index < -0.39 is 0 Å². The summed E-state index contributed by atoms with van der Waals surface area (Å²) in [6.07, 6.45) is 1.91. The molecule has 0 saturated heterocycles. The van der Waals surface area contributed by atoms with Gasteiger partial charge >= 0.3 is 0 Å². The number of rotatable bonds is 8. The third kappa shape index (κ3) is 5.04. The van der Waals surface area contributed by atoms with Gasteiger partial charge in [0.25, 0.3) is 5.56 Å². The molecule has 1 N–H and O–H groups in total. The molecule has 0 bridgehead atoms. The lowest BCUT2D eigenvalue weighted by Crippen LogP contribution is -2.27. The zero-order valence-electron chi connectivity index (χ0n) is 19.2. The van der Waals surface area contributed by atoms with Gasteiger partial charge in [0.2, 0.25) is 5.91 Å². The minimum absolute atomic E-state index is 0.0877. The van der Waals surface area contributed by atoms with Gasteiger partial charge in [-0.25, -0.2) is 4.98 Å². The zero-order chi connectivity index (χ0) is 24.2. The Labute approximate surface area is 206 Å². The number of carbonyl (C=O) groups is 1. The lowest BCUT2D eigenvalue weighted by atomic mass is 10.1. The van der Waals surface area contributed by atoms with Crippen LogP contribution in [-0.4, -0.2) is 39.5 Å². The van der Waals surface area contributed by atoms with Gasteiger partial charge in [0.1, 0.15) is 11.0 Å². The minimum Gasteiger partial charge on any atom is -0.383 e. The average Bonchev–Trinajstić information content (AvgIpc) is 3.16. The van der Waals surface area contributed by atoms with E-state index in [4.69, 9.17) is 21.3 Å². The summed E-state index contributed by atoms with van der Waals surface area (Å²) in [5.41, 5.74) is 4.37. The Morgan fingerprint density at radius 2 is 1.97 bits per heavy atom. The highest BCUT2D eigenvalue weighted by atomic mass is 35.5. The van der Waals surface area contributed by atoms with E-state index in [1.807, 2.05) is 56.6 Å². The van der Waals surface area contributed by atoms with E-state index in [1.165, 1.54) is 11.8 Å². The van der Waals surface area contributed by atoms with Crippen LogP contribution in [0, 0.1) is 6.92 Å². The smallest absolute Gasteiger partial charge is 0.278 e. The van der Waals surface area contributed by atoms with Crippen molar-refractivity contribution in [2.24, 2.45) is 7.05 Å². The monoisotopic (exact) mass is 496 g/mol. The van der Waals surface area contributed by atoms with E-state index in [9.17, 15) is 9.59 Å². The summed E-state index contributed by atoms with van der Waals surface area (Å²) in [5, 5.41) is 3.91. The molecule has 34 heavy (non-hydrogen) atoms. The van der Waals surface area contributed by atoms with E-state index in [2.05, 4.69) is 5.32 Å². The largest absolute Gasteiger partial charge is 0.383 e. The number of amides is 1. The lowest BCUT2D eigenvalue weighted by molar-refractivity contribution is -0.113. The first-order chi connectivity index (χ1) is 16.4. The number of anilines is 1. The van der Waals surface area contributed by atoms with Crippen molar-refractivity contribution in [1.29, 1.82) is 0 Å². The van der Waals surface area contributed by atoms with E-state index >= 15 is 0 Å². The highest BCUT2D eigenvalue weighted by Crippen LogP contribution is 2.29. The van der Waals surface area contributed by atoms with Crippen LogP contribution < -0.4 is 10.9 Å². The van der Waals surface area contributed by atoms with Crippen molar-refractivity contribution >= 4 is 46.0 Å². The first kappa shape index (κ1) is 24.1. The molecule has 2 heterocycles. The number of hydrogen-bond acceptors (Lipinski definition) is 5. The maximum Gasteiger partial charge on any atom is 0.278 e.